The number of hydrogen-bond acceptors (Lipinski definition) is 4. The van der Waals surface area contributed by atoms with E-state index < -0.39 is 0 Å². The van der Waals surface area contributed by atoms with Crippen molar-refractivity contribution in [3.63, 3.8) is 0 Å². The Morgan fingerprint density at radius 3 is 2.62 bits per heavy atom. The van der Waals surface area contributed by atoms with Crippen LogP contribution in [0.2, 0.25) is 0 Å². The number of nitrogens with zero attached hydrogens (tertiary/aromatic N) is 5. The number of carbonyl (C=O) groups is 1. The van der Waals surface area contributed by atoms with Gasteiger partial charge in [0.1, 0.15) is 0 Å². The smallest absolute Gasteiger partial charge is 0.274 e. The van der Waals surface area contributed by atoms with E-state index in [2.05, 4.69) is 46.6 Å². The van der Waals surface area contributed by atoms with E-state index in [1.165, 1.54) is 11.3 Å². The zero-order valence-corrected chi connectivity index (χ0v) is 19.4. The third kappa shape index (κ3) is 5.25. The van der Waals surface area contributed by atoms with Gasteiger partial charge in [-0.1, -0.05) is 50.2 Å². The lowest BCUT2D eigenvalue weighted by Gasteiger charge is -2.28. The van der Waals surface area contributed by atoms with Gasteiger partial charge in [-0.05, 0) is 29.5 Å². The van der Waals surface area contributed by atoms with Crippen LogP contribution in [0.1, 0.15) is 53.1 Å². The lowest BCUT2D eigenvalue weighted by Crippen LogP contribution is -2.33. The Hall–Kier alpha value is -2.99. The van der Waals surface area contributed by atoms with E-state index in [1.807, 2.05) is 37.5 Å². The summed E-state index contributed by atoms with van der Waals surface area (Å²) in [5.74, 6) is 0.594. The highest BCUT2D eigenvalue weighted by molar-refractivity contribution is 5.94. The number of aromatic nitrogens is 3. The van der Waals surface area contributed by atoms with Crippen molar-refractivity contribution in [3.8, 4) is 0 Å². The first-order valence-electron chi connectivity index (χ1n) is 11.5. The van der Waals surface area contributed by atoms with Gasteiger partial charge in [0.25, 0.3) is 5.91 Å². The van der Waals surface area contributed by atoms with Gasteiger partial charge in [-0.3, -0.25) is 19.4 Å². The standard InChI is InChI=1S/C26H33N5O/c1-20(2)11-15-31-24-12-14-30(18-22-10-7-13-27-16-22)19-23(24)25(28-31)26(32)29(3)17-21-8-5-4-6-9-21/h4-10,13,16,20H,11-12,14-15,17-19H2,1-3H3. The number of carbonyl (C=O) groups excluding carboxylic acids is 1. The summed E-state index contributed by atoms with van der Waals surface area (Å²) in [6.07, 6.45) is 5.69. The summed E-state index contributed by atoms with van der Waals surface area (Å²) < 4.78 is 2.10. The number of benzene rings is 1. The normalized spacial score (nSPS) is 13.9. The molecule has 0 atom stereocenters. The second-order valence-corrected chi connectivity index (χ2v) is 9.15. The molecular formula is C26H33N5O. The van der Waals surface area contributed by atoms with E-state index in [4.69, 9.17) is 5.10 Å². The summed E-state index contributed by atoms with van der Waals surface area (Å²) in [5, 5.41) is 4.85. The van der Waals surface area contributed by atoms with E-state index in [0.29, 0.717) is 18.2 Å². The van der Waals surface area contributed by atoms with Gasteiger partial charge in [0.2, 0.25) is 0 Å². The van der Waals surface area contributed by atoms with Gasteiger partial charge in [0, 0.05) is 69.8 Å². The Balaban J connectivity index is 1.57. The monoisotopic (exact) mass is 431 g/mol. The number of aryl methyl sites for hydroxylation is 1. The number of pyridine rings is 1. The highest BCUT2D eigenvalue weighted by Crippen LogP contribution is 2.26. The molecular weight excluding hydrogens is 398 g/mol. The van der Waals surface area contributed by atoms with Crippen LogP contribution in [-0.2, 0) is 32.6 Å². The molecule has 0 aliphatic carbocycles. The van der Waals surface area contributed by atoms with Gasteiger partial charge >= 0.3 is 0 Å². The van der Waals surface area contributed by atoms with Gasteiger partial charge in [0.15, 0.2) is 5.69 Å². The van der Waals surface area contributed by atoms with E-state index in [0.717, 1.165) is 50.1 Å². The largest absolute Gasteiger partial charge is 0.336 e. The zero-order chi connectivity index (χ0) is 22.5. The van der Waals surface area contributed by atoms with Crippen molar-refractivity contribution in [3.05, 3.63) is 82.9 Å². The average Bonchev–Trinajstić information content (AvgIpc) is 3.16. The van der Waals surface area contributed by atoms with Crippen LogP contribution in [0.25, 0.3) is 0 Å². The predicted octanol–water partition coefficient (Wildman–Crippen LogP) is 4.15. The summed E-state index contributed by atoms with van der Waals surface area (Å²) in [5.41, 5.74) is 5.24. The molecule has 32 heavy (non-hydrogen) atoms. The minimum atomic E-state index is -0.00312. The first kappa shape index (κ1) is 22.2. The molecule has 0 N–H and O–H groups in total. The molecule has 2 aromatic heterocycles. The van der Waals surface area contributed by atoms with Crippen LogP contribution in [0.4, 0.5) is 0 Å². The van der Waals surface area contributed by atoms with Gasteiger partial charge in [0.05, 0.1) is 0 Å². The average molecular weight is 432 g/mol. The number of amides is 1. The third-order valence-electron chi connectivity index (χ3n) is 6.07. The van der Waals surface area contributed by atoms with Crippen molar-refractivity contribution >= 4 is 5.91 Å². The van der Waals surface area contributed by atoms with Gasteiger partial charge in [-0.15, -0.1) is 0 Å². The minimum absolute atomic E-state index is 0.00312. The zero-order valence-electron chi connectivity index (χ0n) is 19.4. The predicted molar refractivity (Wildman–Crippen MR) is 126 cm³/mol. The molecule has 0 unspecified atom stereocenters. The Morgan fingerprint density at radius 2 is 1.91 bits per heavy atom. The number of rotatable bonds is 8. The molecule has 0 fully saturated rings. The van der Waals surface area contributed by atoms with Crippen molar-refractivity contribution in [2.24, 2.45) is 5.92 Å². The van der Waals surface area contributed by atoms with Crippen molar-refractivity contribution in [2.75, 3.05) is 13.6 Å². The van der Waals surface area contributed by atoms with Crippen LogP contribution in [0.15, 0.2) is 54.9 Å². The number of hydrogen-bond donors (Lipinski definition) is 0. The first-order valence-corrected chi connectivity index (χ1v) is 11.5. The Kier molecular flexibility index (Phi) is 7.00. The van der Waals surface area contributed by atoms with E-state index >= 15 is 0 Å². The summed E-state index contributed by atoms with van der Waals surface area (Å²) in [6, 6.07) is 14.2. The Morgan fingerprint density at radius 1 is 1.12 bits per heavy atom. The number of fused-ring (bicyclic) bond motifs is 1. The third-order valence-corrected chi connectivity index (χ3v) is 6.07. The topological polar surface area (TPSA) is 54.3 Å². The fourth-order valence-corrected chi connectivity index (χ4v) is 4.28. The van der Waals surface area contributed by atoms with Gasteiger partial charge in [-0.25, -0.2) is 0 Å². The molecule has 6 nitrogen and oxygen atoms in total. The molecule has 0 saturated heterocycles. The maximum absolute atomic E-state index is 13.5. The van der Waals surface area contributed by atoms with Crippen LogP contribution >= 0.6 is 0 Å². The summed E-state index contributed by atoms with van der Waals surface area (Å²) >= 11 is 0. The van der Waals surface area contributed by atoms with Gasteiger partial charge < -0.3 is 4.90 Å². The van der Waals surface area contributed by atoms with E-state index in [9.17, 15) is 4.79 Å². The van der Waals surface area contributed by atoms with Crippen LogP contribution in [-0.4, -0.2) is 44.1 Å². The minimum Gasteiger partial charge on any atom is -0.336 e. The molecule has 3 aromatic rings. The maximum Gasteiger partial charge on any atom is 0.274 e. The molecule has 0 saturated carbocycles. The van der Waals surface area contributed by atoms with Crippen molar-refractivity contribution in [2.45, 2.75) is 52.9 Å². The van der Waals surface area contributed by atoms with Crippen LogP contribution in [0.3, 0.4) is 0 Å². The van der Waals surface area contributed by atoms with Crippen LogP contribution < -0.4 is 0 Å². The van der Waals surface area contributed by atoms with Crippen molar-refractivity contribution < 1.29 is 4.79 Å². The molecule has 3 heterocycles. The molecule has 168 valence electrons. The van der Waals surface area contributed by atoms with E-state index in [1.54, 1.807) is 11.1 Å². The van der Waals surface area contributed by atoms with Crippen LogP contribution in [0.5, 0.6) is 0 Å². The maximum atomic E-state index is 13.5. The molecule has 6 heteroatoms. The molecule has 0 spiro atoms. The molecule has 1 aliphatic rings. The molecule has 0 radical (unpaired) electrons. The molecule has 1 aromatic carbocycles. The van der Waals surface area contributed by atoms with E-state index in [-0.39, 0.29) is 5.91 Å². The summed E-state index contributed by atoms with van der Waals surface area (Å²) in [7, 11) is 1.87. The van der Waals surface area contributed by atoms with Crippen molar-refractivity contribution in [1.29, 1.82) is 0 Å². The molecule has 1 amide bonds. The molecule has 1 aliphatic heterocycles. The molecule has 4 rings (SSSR count). The Bertz CT molecular complexity index is 1030. The summed E-state index contributed by atoms with van der Waals surface area (Å²) in [4.78, 5) is 21.9. The quantitative estimate of drug-likeness (QED) is 0.538. The SMILES string of the molecule is CC(C)CCn1nc(C(=O)N(C)Cc2ccccc2)c2c1CCN(Cc1cccnc1)C2. The fourth-order valence-electron chi connectivity index (χ4n) is 4.28. The van der Waals surface area contributed by atoms with Crippen LogP contribution in [0, 0.1) is 5.92 Å². The second-order valence-electron chi connectivity index (χ2n) is 9.15. The van der Waals surface area contributed by atoms with Gasteiger partial charge in [-0.2, -0.15) is 5.10 Å². The highest BCUT2D eigenvalue weighted by atomic mass is 16.2. The van der Waals surface area contributed by atoms with Crippen molar-refractivity contribution in [1.82, 2.24) is 24.6 Å². The Labute approximate surface area is 190 Å². The molecule has 0 bridgehead atoms. The lowest BCUT2D eigenvalue weighted by molar-refractivity contribution is 0.0775. The first-order chi connectivity index (χ1) is 15.5. The second kappa shape index (κ2) is 10.1. The summed E-state index contributed by atoms with van der Waals surface area (Å²) in [6.45, 7) is 8.42. The lowest BCUT2D eigenvalue weighted by atomic mass is 10.0. The highest BCUT2D eigenvalue weighted by Gasteiger charge is 2.29. The fraction of sp³-hybridized carbons (Fsp3) is 0.423.